The Morgan fingerprint density at radius 2 is 2.00 bits per heavy atom. The molecule has 0 saturated carbocycles. The Morgan fingerprint density at radius 3 is 2.55 bits per heavy atom. The van der Waals surface area contributed by atoms with Crippen molar-refractivity contribution in [1.82, 2.24) is 0 Å². The number of benzene rings is 1. The second-order valence-electron chi connectivity index (χ2n) is 4.23. The smallest absolute Gasteiger partial charge is 0.304 e. The fourth-order valence-corrected chi connectivity index (χ4v) is 2.29. The van der Waals surface area contributed by atoms with E-state index in [0.717, 1.165) is 5.75 Å². The largest absolute Gasteiger partial charge is 0.494 e. The van der Waals surface area contributed by atoms with E-state index in [9.17, 15) is 9.59 Å². The molecule has 0 aliphatic heterocycles. The number of carboxylic acids is 1. The molecule has 6 heteroatoms. The summed E-state index contributed by atoms with van der Waals surface area (Å²) in [6.07, 6.45) is 0.0565. The van der Waals surface area contributed by atoms with E-state index >= 15 is 0 Å². The van der Waals surface area contributed by atoms with Gasteiger partial charge in [-0.05, 0) is 31.2 Å². The van der Waals surface area contributed by atoms with Gasteiger partial charge in [0.05, 0.1) is 18.8 Å². The van der Waals surface area contributed by atoms with E-state index in [2.05, 4.69) is 5.32 Å². The summed E-state index contributed by atoms with van der Waals surface area (Å²) in [7, 11) is 0. The Morgan fingerprint density at radius 1 is 1.35 bits per heavy atom. The molecule has 0 fully saturated rings. The van der Waals surface area contributed by atoms with Crippen LogP contribution in [0.25, 0.3) is 0 Å². The average Bonchev–Trinajstić information content (AvgIpc) is 2.38. The van der Waals surface area contributed by atoms with Gasteiger partial charge in [0, 0.05) is 10.9 Å². The molecule has 0 bridgehead atoms. The Labute approximate surface area is 122 Å². The van der Waals surface area contributed by atoms with Crippen LogP contribution in [0.4, 0.5) is 5.69 Å². The Balaban J connectivity index is 2.36. The molecule has 110 valence electrons. The first-order valence-electron chi connectivity index (χ1n) is 6.37. The van der Waals surface area contributed by atoms with Crippen LogP contribution in [0, 0.1) is 0 Å². The number of aliphatic carboxylic acids is 1. The molecule has 20 heavy (non-hydrogen) atoms. The summed E-state index contributed by atoms with van der Waals surface area (Å²) >= 11 is 1.33. The number of nitrogens with one attached hydrogen (secondary N) is 1. The van der Waals surface area contributed by atoms with Crippen molar-refractivity contribution in [3.8, 4) is 5.75 Å². The highest BCUT2D eigenvalue weighted by molar-refractivity contribution is 8.00. The molecule has 1 atom stereocenters. The van der Waals surface area contributed by atoms with Gasteiger partial charge >= 0.3 is 5.97 Å². The van der Waals surface area contributed by atoms with E-state index in [1.54, 1.807) is 31.2 Å². The van der Waals surface area contributed by atoms with Crippen LogP contribution < -0.4 is 10.1 Å². The predicted molar refractivity (Wildman–Crippen MR) is 80.4 cm³/mol. The summed E-state index contributed by atoms with van der Waals surface area (Å²) in [5, 5.41) is 11.3. The first kappa shape index (κ1) is 16.4. The zero-order valence-corrected chi connectivity index (χ0v) is 12.4. The van der Waals surface area contributed by atoms with Crippen LogP contribution in [-0.2, 0) is 9.59 Å². The molecule has 0 aliphatic rings. The maximum Gasteiger partial charge on any atom is 0.304 e. The lowest BCUT2D eigenvalue weighted by Crippen LogP contribution is -2.16. The van der Waals surface area contributed by atoms with Crippen LogP contribution in [0.5, 0.6) is 5.75 Å². The minimum absolute atomic E-state index is 0.0565. The standard InChI is InChI=1S/C14H19NO4S/c1-3-19-12-6-4-11(5-7-12)15-13(16)9-20-10(2)8-14(17)18/h4-7,10H,3,8-9H2,1-2H3,(H,15,16)(H,17,18). The molecule has 1 aromatic rings. The van der Waals surface area contributed by atoms with Crippen molar-refractivity contribution in [2.75, 3.05) is 17.7 Å². The monoisotopic (exact) mass is 297 g/mol. The zero-order chi connectivity index (χ0) is 15.0. The van der Waals surface area contributed by atoms with Gasteiger partial charge in [-0.3, -0.25) is 9.59 Å². The maximum absolute atomic E-state index is 11.7. The molecule has 1 amide bonds. The van der Waals surface area contributed by atoms with E-state index in [-0.39, 0.29) is 23.3 Å². The van der Waals surface area contributed by atoms with Crippen LogP contribution >= 0.6 is 11.8 Å². The number of thioether (sulfide) groups is 1. The molecule has 0 spiro atoms. The first-order chi connectivity index (χ1) is 9.51. The lowest BCUT2D eigenvalue weighted by molar-refractivity contribution is -0.136. The normalized spacial score (nSPS) is 11.7. The minimum atomic E-state index is -0.850. The van der Waals surface area contributed by atoms with Crippen LogP contribution in [-0.4, -0.2) is 34.6 Å². The second-order valence-corrected chi connectivity index (χ2v) is 5.65. The van der Waals surface area contributed by atoms with Crippen molar-refractivity contribution in [1.29, 1.82) is 0 Å². The number of ether oxygens (including phenoxy) is 1. The molecule has 0 radical (unpaired) electrons. The third-order valence-corrected chi connectivity index (χ3v) is 3.57. The lowest BCUT2D eigenvalue weighted by Gasteiger charge is -2.09. The highest BCUT2D eigenvalue weighted by atomic mass is 32.2. The Kier molecular flexibility index (Phi) is 6.93. The first-order valence-corrected chi connectivity index (χ1v) is 7.42. The van der Waals surface area contributed by atoms with Crippen LogP contribution in [0.15, 0.2) is 24.3 Å². The number of amides is 1. The summed E-state index contributed by atoms with van der Waals surface area (Å²) in [5.41, 5.74) is 0.699. The topological polar surface area (TPSA) is 75.6 Å². The number of hydrogen-bond acceptors (Lipinski definition) is 4. The molecule has 5 nitrogen and oxygen atoms in total. The molecule has 1 rings (SSSR count). The van der Waals surface area contributed by atoms with Gasteiger partial charge in [0.1, 0.15) is 5.75 Å². The van der Waals surface area contributed by atoms with E-state index in [4.69, 9.17) is 9.84 Å². The molecule has 0 aliphatic carbocycles. The van der Waals surface area contributed by atoms with Crippen molar-refractivity contribution in [3.63, 3.8) is 0 Å². The summed E-state index contributed by atoms with van der Waals surface area (Å²) < 4.78 is 5.31. The highest BCUT2D eigenvalue weighted by Gasteiger charge is 2.10. The van der Waals surface area contributed by atoms with Gasteiger partial charge in [0.25, 0.3) is 0 Å². The third kappa shape index (κ3) is 6.47. The van der Waals surface area contributed by atoms with Crippen molar-refractivity contribution in [3.05, 3.63) is 24.3 Å². The second kappa shape index (κ2) is 8.47. The van der Waals surface area contributed by atoms with E-state index in [0.29, 0.717) is 12.3 Å². The van der Waals surface area contributed by atoms with Crippen molar-refractivity contribution >= 4 is 29.3 Å². The summed E-state index contributed by atoms with van der Waals surface area (Å²) in [5.74, 6) is 0.00468. The fourth-order valence-electron chi connectivity index (χ4n) is 1.52. The number of rotatable bonds is 8. The fraction of sp³-hybridized carbons (Fsp3) is 0.429. The predicted octanol–water partition coefficient (Wildman–Crippen LogP) is 2.62. The number of carboxylic acid groups (broad SMARTS) is 1. The summed E-state index contributed by atoms with van der Waals surface area (Å²) in [4.78, 5) is 22.2. The van der Waals surface area contributed by atoms with Gasteiger partial charge in [0.2, 0.25) is 5.91 Å². The number of anilines is 1. The van der Waals surface area contributed by atoms with Crippen molar-refractivity contribution in [2.45, 2.75) is 25.5 Å². The molecular formula is C14H19NO4S. The number of carbonyl (C=O) groups excluding carboxylic acids is 1. The molecule has 2 N–H and O–H groups in total. The summed E-state index contributed by atoms with van der Waals surface area (Å²) in [6.45, 7) is 4.30. The van der Waals surface area contributed by atoms with Gasteiger partial charge in [0.15, 0.2) is 0 Å². The number of carbonyl (C=O) groups is 2. The van der Waals surface area contributed by atoms with Gasteiger partial charge in [-0.1, -0.05) is 6.92 Å². The quantitative estimate of drug-likeness (QED) is 0.771. The molecular weight excluding hydrogens is 278 g/mol. The SMILES string of the molecule is CCOc1ccc(NC(=O)CSC(C)CC(=O)O)cc1. The minimum Gasteiger partial charge on any atom is -0.494 e. The molecule has 0 saturated heterocycles. The Bertz CT molecular complexity index is 447. The zero-order valence-electron chi connectivity index (χ0n) is 11.6. The average molecular weight is 297 g/mol. The molecule has 0 aromatic heterocycles. The highest BCUT2D eigenvalue weighted by Crippen LogP contribution is 2.17. The Hall–Kier alpha value is -1.69. The molecule has 1 aromatic carbocycles. The van der Waals surface area contributed by atoms with Crippen molar-refractivity contribution in [2.24, 2.45) is 0 Å². The lowest BCUT2D eigenvalue weighted by atomic mass is 10.3. The van der Waals surface area contributed by atoms with Crippen molar-refractivity contribution < 1.29 is 19.4 Å². The molecule has 1 unspecified atom stereocenters. The number of hydrogen-bond donors (Lipinski definition) is 2. The van der Waals surface area contributed by atoms with Crippen LogP contribution in [0.3, 0.4) is 0 Å². The maximum atomic E-state index is 11.7. The van der Waals surface area contributed by atoms with Gasteiger partial charge < -0.3 is 15.2 Å². The van der Waals surface area contributed by atoms with Gasteiger partial charge in [-0.25, -0.2) is 0 Å². The van der Waals surface area contributed by atoms with Crippen LogP contribution in [0.1, 0.15) is 20.3 Å². The van der Waals surface area contributed by atoms with Crippen LogP contribution in [0.2, 0.25) is 0 Å². The van der Waals surface area contributed by atoms with E-state index in [1.165, 1.54) is 11.8 Å². The summed E-state index contributed by atoms with van der Waals surface area (Å²) in [6, 6.07) is 7.13. The third-order valence-electron chi connectivity index (χ3n) is 2.41. The van der Waals surface area contributed by atoms with E-state index in [1.807, 2.05) is 6.92 Å². The van der Waals surface area contributed by atoms with E-state index < -0.39 is 5.97 Å². The van der Waals surface area contributed by atoms with Gasteiger partial charge in [-0.15, -0.1) is 11.8 Å². The molecule has 0 heterocycles. The van der Waals surface area contributed by atoms with Gasteiger partial charge in [-0.2, -0.15) is 0 Å².